The average Bonchev–Trinajstić information content (AvgIpc) is 2.75. The second-order valence-electron chi connectivity index (χ2n) is 6.93. The maximum absolute atomic E-state index is 12.8. The molecule has 1 aromatic heterocycles. The van der Waals surface area contributed by atoms with E-state index >= 15 is 0 Å². The fourth-order valence-corrected chi connectivity index (χ4v) is 2.67. The molecule has 6 nitrogen and oxygen atoms in total. The molecule has 2 aliphatic rings. The number of morpholine rings is 1. The minimum Gasteiger partial charge on any atom is -0.399 e. The third-order valence-corrected chi connectivity index (χ3v) is 4.85. The minimum atomic E-state index is -0.589. The minimum absolute atomic E-state index is 0.0985. The average molecular weight is 318 g/mol. The number of carbonyl (C=O) groups excluding carboxylic acids is 1. The number of carbonyl (C=O) groups is 1. The molecule has 0 saturated carbocycles. The van der Waals surface area contributed by atoms with Gasteiger partial charge >= 0.3 is 7.12 Å². The predicted octanol–water partition coefficient (Wildman–Crippen LogP) is 0.853. The van der Waals surface area contributed by atoms with Crippen LogP contribution in [0.4, 0.5) is 0 Å². The van der Waals surface area contributed by atoms with Gasteiger partial charge in [0.2, 0.25) is 0 Å². The van der Waals surface area contributed by atoms with E-state index in [1.165, 1.54) is 0 Å². The normalized spacial score (nSPS) is 23.1. The van der Waals surface area contributed by atoms with E-state index in [9.17, 15) is 4.79 Å². The summed E-state index contributed by atoms with van der Waals surface area (Å²) in [7, 11) is -0.589. The highest BCUT2D eigenvalue weighted by atomic mass is 16.7. The monoisotopic (exact) mass is 318 g/mol. The first-order valence-corrected chi connectivity index (χ1v) is 7.99. The van der Waals surface area contributed by atoms with Gasteiger partial charge in [-0.05, 0) is 33.8 Å². The zero-order chi connectivity index (χ0) is 16.7. The van der Waals surface area contributed by atoms with Crippen molar-refractivity contribution in [3.8, 4) is 0 Å². The van der Waals surface area contributed by atoms with E-state index in [4.69, 9.17) is 14.0 Å². The third kappa shape index (κ3) is 3.01. The molecular formula is C16H23BN2O4. The van der Waals surface area contributed by atoms with Gasteiger partial charge in [-0.3, -0.25) is 9.78 Å². The summed E-state index contributed by atoms with van der Waals surface area (Å²) in [6.45, 7) is 10.3. The SMILES string of the molecule is CC1(C)OB(c2cccnc2C(=O)N2CCOCC2)OC1(C)C. The summed E-state index contributed by atoms with van der Waals surface area (Å²) in [6, 6.07) is 3.65. The number of hydrogen-bond donors (Lipinski definition) is 0. The zero-order valence-electron chi connectivity index (χ0n) is 14.2. The Balaban J connectivity index is 1.88. The number of amides is 1. The molecule has 1 aromatic rings. The summed E-state index contributed by atoms with van der Waals surface area (Å²) >= 11 is 0. The lowest BCUT2D eigenvalue weighted by atomic mass is 9.77. The van der Waals surface area contributed by atoms with E-state index in [2.05, 4.69) is 4.98 Å². The zero-order valence-corrected chi connectivity index (χ0v) is 14.2. The van der Waals surface area contributed by atoms with Crippen LogP contribution in [0.1, 0.15) is 38.2 Å². The fourth-order valence-electron chi connectivity index (χ4n) is 2.67. The summed E-state index contributed by atoms with van der Waals surface area (Å²) < 4.78 is 17.4. The van der Waals surface area contributed by atoms with Crippen LogP contribution in [-0.2, 0) is 14.0 Å². The van der Waals surface area contributed by atoms with Crippen LogP contribution in [0.15, 0.2) is 18.3 Å². The number of ether oxygens (including phenoxy) is 1. The van der Waals surface area contributed by atoms with Crippen LogP contribution in [0.2, 0.25) is 0 Å². The van der Waals surface area contributed by atoms with Crippen molar-refractivity contribution in [3.05, 3.63) is 24.0 Å². The molecule has 0 bridgehead atoms. The van der Waals surface area contributed by atoms with Crippen LogP contribution in [-0.4, -0.2) is 60.4 Å². The largest absolute Gasteiger partial charge is 0.497 e. The Hall–Kier alpha value is -1.44. The molecule has 124 valence electrons. The van der Waals surface area contributed by atoms with Crippen LogP contribution in [0, 0.1) is 0 Å². The first-order valence-electron chi connectivity index (χ1n) is 7.99. The first-order chi connectivity index (χ1) is 10.8. The van der Waals surface area contributed by atoms with Crippen molar-refractivity contribution in [1.82, 2.24) is 9.88 Å². The highest BCUT2D eigenvalue weighted by molar-refractivity contribution is 6.63. The topological polar surface area (TPSA) is 60.9 Å². The molecule has 0 aromatic carbocycles. The second-order valence-corrected chi connectivity index (χ2v) is 6.93. The van der Waals surface area contributed by atoms with Crippen molar-refractivity contribution >= 4 is 18.5 Å². The van der Waals surface area contributed by atoms with E-state index < -0.39 is 18.3 Å². The van der Waals surface area contributed by atoms with Gasteiger partial charge in [-0.1, -0.05) is 6.07 Å². The Labute approximate surface area is 137 Å². The molecule has 2 saturated heterocycles. The lowest BCUT2D eigenvalue weighted by Crippen LogP contribution is -2.46. The lowest BCUT2D eigenvalue weighted by molar-refractivity contribution is 0.00578. The van der Waals surface area contributed by atoms with Crippen molar-refractivity contribution < 1.29 is 18.8 Å². The van der Waals surface area contributed by atoms with Crippen LogP contribution in [0.5, 0.6) is 0 Å². The molecule has 7 heteroatoms. The molecule has 3 heterocycles. The summed E-state index contributed by atoms with van der Waals surface area (Å²) in [5.41, 5.74) is 0.176. The van der Waals surface area contributed by atoms with Gasteiger partial charge in [0.1, 0.15) is 5.69 Å². The number of nitrogens with zero attached hydrogens (tertiary/aromatic N) is 2. The van der Waals surface area contributed by atoms with Crippen LogP contribution in [0.3, 0.4) is 0 Å². The van der Waals surface area contributed by atoms with Gasteiger partial charge in [0.05, 0.1) is 24.4 Å². The van der Waals surface area contributed by atoms with E-state index in [0.717, 1.165) is 0 Å². The van der Waals surface area contributed by atoms with Crippen molar-refractivity contribution in [3.63, 3.8) is 0 Å². The maximum Gasteiger partial charge on any atom is 0.497 e. The summed E-state index contributed by atoms with van der Waals surface area (Å²) in [6.07, 6.45) is 1.63. The van der Waals surface area contributed by atoms with Gasteiger partial charge in [-0.25, -0.2) is 0 Å². The molecule has 0 atom stereocenters. The number of rotatable bonds is 2. The molecule has 0 spiro atoms. The highest BCUT2D eigenvalue weighted by Crippen LogP contribution is 2.36. The Morgan fingerprint density at radius 2 is 1.78 bits per heavy atom. The molecule has 3 rings (SSSR count). The Morgan fingerprint density at radius 1 is 1.17 bits per heavy atom. The van der Waals surface area contributed by atoms with Crippen molar-refractivity contribution in [1.29, 1.82) is 0 Å². The molecule has 0 N–H and O–H groups in total. The van der Waals surface area contributed by atoms with Gasteiger partial charge in [0.15, 0.2) is 0 Å². The Bertz CT molecular complexity index is 583. The van der Waals surface area contributed by atoms with Gasteiger partial charge in [0.25, 0.3) is 5.91 Å². The van der Waals surface area contributed by atoms with E-state index in [1.807, 2.05) is 33.8 Å². The molecule has 0 unspecified atom stereocenters. The summed E-state index contributed by atoms with van der Waals surface area (Å²) in [5, 5.41) is 0. The van der Waals surface area contributed by atoms with Crippen molar-refractivity contribution in [2.24, 2.45) is 0 Å². The first kappa shape index (κ1) is 16.4. The highest BCUT2D eigenvalue weighted by Gasteiger charge is 2.52. The molecular weight excluding hydrogens is 295 g/mol. The smallest absolute Gasteiger partial charge is 0.399 e. The number of aromatic nitrogens is 1. The predicted molar refractivity (Wildman–Crippen MR) is 86.7 cm³/mol. The van der Waals surface area contributed by atoms with Gasteiger partial charge in [-0.2, -0.15) is 0 Å². The van der Waals surface area contributed by atoms with Crippen molar-refractivity contribution in [2.45, 2.75) is 38.9 Å². The molecule has 2 fully saturated rings. The summed E-state index contributed by atoms with van der Waals surface area (Å²) in [5.74, 6) is -0.0985. The third-order valence-electron chi connectivity index (χ3n) is 4.85. The fraction of sp³-hybridized carbons (Fsp3) is 0.625. The number of pyridine rings is 1. The molecule has 23 heavy (non-hydrogen) atoms. The lowest BCUT2D eigenvalue weighted by Gasteiger charge is -2.32. The van der Waals surface area contributed by atoms with Gasteiger partial charge < -0.3 is 18.9 Å². The van der Waals surface area contributed by atoms with Crippen molar-refractivity contribution in [2.75, 3.05) is 26.3 Å². The molecule has 1 amide bonds. The molecule has 0 aliphatic carbocycles. The van der Waals surface area contributed by atoms with Crippen LogP contribution >= 0.6 is 0 Å². The van der Waals surface area contributed by atoms with Crippen LogP contribution < -0.4 is 5.46 Å². The quantitative estimate of drug-likeness (QED) is 0.757. The molecule has 2 aliphatic heterocycles. The maximum atomic E-state index is 12.8. The van der Waals surface area contributed by atoms with Gasteiger partial charge in [0, 0.05) is 24.7 Å². The standard InChI is InChI=1S/C16H23BN2O4/c1-15(2)16(3,4)23-17(22-15)12-6-5-7-18-13(12)14(20)19-8-10-21-11-9-19/h5-7H,8-11H2,1-4H3. The Kier molecular flexibility index (Phi) is 4.20. The van der Waals surface area contributed by atoms with Crippen LogP contribution in [0.25, 0.3) is 0 Å². The second kappa shape index (κ2) is 5.89. The summed E-state index contributed by atoms with van der Waals surface area (Å²) in [4.78, 5) is 18.9. The number of hydrogen-bond acceptors (Lipinski definition) is 5. The molecule has 0 radical (unpaired) electrons. The van der Waals surface area contributed by atoms with Gasteiger partial charge in [-0.15, -0.1) is 0 Å². The Morgan fingerprint density at radius 3 is 2.39 bits per heavy atom. The van der Waals surface area contributed by atoms with E-state index in [0.29, 0.717) is 37.5 Å². The van der Waals surface area contributed by atoms with E-state index in [-0.39, 0.29) is 5.91 Å². The van der Waals surface area contributed by atoms with E-state index in [1.54, 1.807) is 17.2 Å².